The molecule has 0 spiro atoms. The second kappa shape index (κ2) is 10.8. The lowest BCUT2D eigenvalue weighted by atomic mass is 10.1. The van der Waals surface area contributed by atoms with Crippen molar-refractivity contribution in [1.82, 2.24) is 20.5 Å². The van der Waals surface area contributed by atoms with Crippen molar-refractivity contribution in [2.75, 3.05) is 33.2 Å². The number of aliphatic imine (C=N–C) groups is 1. The lowest BCUT2D eigenvalue weighted by Gasteiger charge is -2.18. The minimum absolute atomic E-state index is 0. The second-order valence-electron chi connectivity index (χ2n) is 6.82. The first-order valence-corrected chi connectivity index (χ1v) is 9.16. The molecule has 160 valence electrons. The van der Waals surface area contributed by atoms with Crippen LogP contribution in [-0.2, 0) is 6.54 Å². The normalized spacial score (nSPS) is 17.8. The molecule has 3 rings (SSSR count). The first-order chi connectivity index (χ1) is 13.4. The maximum atomic E-state index is 12.5. The topological polar surface area (TPSA) is 65.7 Å². The quantitative estimate of drug-likeness (QED) is 0.345. The fourth-order valence-electron chi connectivity index (χ4n) is 3.21. The Morgan fingerprint density at radius 2 is 2.03 bits per heavy atom. The van der Waals surface area contributed by atoms with E-state index in [0.717, 1.165) is 17.7 Å². The fraction of sp³-hybridized carbons (Fsp3) is 0.474. The summed E-state index contributed by atoms with van der Waals surface area (Å²) in [4.78, 5) is 10.0. The van der Waals surface area contributed by atoms with Gasteiger partial charge in [-0.2, -0.15) is 13.2 Å². The van der Waals surface area contributed by atoms with Gasteiger partial charge in [0.1, 0.15) is 6.26 Å². The van der Waals surface area contributed by atoms with Crippen molar-refractivity contribution in [2.45, 2.75) is 19.1 Å². The van der Waals surface area contributed by atoms with Crippen LogP contribution in [0.4, 0.5) is 13.2 Å². The summed E-state index contributed by atoms with van der Waals surface area (Å²) in [5, 5.41) is 6.32. The third-order valence-corrected chi connectivity index (χ3v) is 4.56. The van der Waals surface area contributed by atoms with E-state index in [1.54, 1.807) is 13.3 Å². The summed E-state index contributed by atoms with van der Waals surface area (Å²) >= 11 is 0. The van der Waals surface area contributed by atoms with Crippen LogP contribution in [0, 0.1) is 5.92 Å². The molecular formula is C19H25F3IN5O. The number of halogens is 4. The van der Waals surface area contributed by atoms with Crippen LogP contribution < -0.4 is 10.6 Å². The van der Waals surface area contributed by atoms with E-state index in [2.05, 4.69) is 20.6 Å². The summed E-state index contributed by atoms with van der Waals surface area (Å²) in [6.07, 6.45) is -1.81. The molecule has 1 aromatic heterocycles. The van der Waals surface area contributed by atoms with E-state index >= 15 is 0 Å². The average Bonchev–Trinajstić information content (AvgIpc) is 3.31. The molecule has 0 aliphatic carbocycles. The van der Waals surface area contributed by atoms with Crippen molar-refractivity contribution in [3.05, 3.63) is 42.3 Å². The molecule has 2 N–H and O–H groups in total. The van der Waals surface area contributed by atoms with Crippen LogP contribution in [0.2, 0.25) is 0 Å². The van der Waals surface area contributed by atoms with Gasteiger partial charge in [-0.15, -0.1) is 24.0 Å². The van der Waals surface area contributed by atoms with Crippen LogP contribution in [0.1, 0.15) is 12.1 Å². The molecule has 2 heterocycles. The number of oxazole rings is 1. The third-order valence-electron chi connectivity index (χ3n) is 4.56. The summed E-state index contributed by atoms with van der Waals surface area (Å²) in [6.45, 7) is 1.07. The molecule has 1 unspecified atom stereocenters. The van der Waals surface area contributed by atoms with Gasteiger partial charge in [-0.1, -0.05) is 18.2 Å². The summed E-state index contributed by atoms with van der Waals surface area (Å²) in [7, 11) is 1.65. The van der Waals surface area contributed by atoms with Crippen LogP contribution in [0.3, 0.4) is 0 Å². The van der Waals surface area contributed by atoms with Gasteiger partial charge in [-0.05, 0) is 31.0 Å². The Balaban J connectivity index is 0.00000300. The highest BCUT2D eigenvalue weighted by atomic mass is 127. The predicted molar refractivity (Wildman–Crippen MR) is 116 cm³/mol. The maximum Gasteiger partial charge on any atom is 0.401 e. The Hall–Kier alpha value is -1.82. The molecule has 1 atom stereocenters. The molecule has 1 fully saturated rings. The lowest BCUT2D eigenvalue weighted by Crippen LogP contribution is -2.40. The third kappa shape index (κ3) is 7.50. The van der Waals surface area contributed by atoms with Crippen LogP contribution >= 0.6 is 24.0 Å². The average molecular weight is 523 g/mol. The zero-order valence-electron chi connectivity index (χ0n) is 16.1. The van der Waals surface area contributed by atoms with Crippen molar-refractivity contribution in [3.63, 3.8) is 0 Å². The largest absolute Gasteiger partial charge is 0.444 e. The molecule has 0 saturated carbocycles. The molecule has 0 radical (unpaired) electrons. The second-order valence-corrected chi connectivity index (χ2v) is 6.82. The number of rotatable bonds is 6. The van der Waals surface area contributed by atoms with Gasteiger partial charge in [0.25, 0.3) is 0 Å². The van der Waals surface area contributed by atoms with Crippen LogP contribution in [0.15, 0.2) is 46.0 Å². The predicted octanol–water partition coefficient (Wildman–Crippen LogP) is 3.51. The van der Waals surface area contributed by atoms with Crippen molar-refractivity contribution >= 4 is 29.9 Å². The summed E-state index contributed by atoms with van der Waals surface area (Å²) in [5.41, 5.74) is 1.64. The van der Waals surface area contributed by atoms with E-state index in [0.29, 0.717) is 38.0 Å². The van der Waals surface area contributed by atoms with Crippen LogP contribution in [0.5, 0.6) is 0 Å². The number of nitrogens with one attached hydrogen (secondary N) is 2. The highest BCUT2D eigenvalue weighted by molar-refractivity contribution is 14.0. The molecular weight excluding hydrogens is 498 g/mol. The van der Waals surface area contributed by atoms with Crippen molar-refractivity contribution in [2.24, 2.45) is 10.9 Å². The van der Waals surface area contributed by atoms with E-state index in [9.17, 15) is 13.2 Å². The standard InChI is InChI=1S/C19H24F3N5O.HI/c1-23-18(24-9-14-7-8-27(11-14)13-19(20,21)22)25-10-16-12-28-17(26-16)15-5-3-2-4-6-15;/h2-6,12,14H,7-11,13H2,1H3,(H2,23,24,25);1H. The van der Waals surface area contributed by atoms with Gasteiger partial charge in [0, 0.05) is 25.7 Å². The van der Waals surface area contributed by atoms with Gasteiger partial charge in [-0.25, -0.2) is 4.98 Å². The number of benzene rings is 1. The monoisotopic (exact) mass is 523 g/mol. The van der Waals surface area contributed by atoms with Crippen LogP contribution in [-0.4, -0.2) is 55.2 Å². The summed E-state index contributed by atoms with van der Waals surface area (Å²) in [5.74, 6) is 1.30. The van der Waals surface area contributed by atoms with E-state index in [-0.39, 0.29) is 29.9 Å². The smallest absolute Gasteiger partial charge is 0.401 e. The molecule has 29 heavy (non-hydrogen) atoms. The first-order valence-electron chi connectivity index (χ1n) is 9.16. The molecule has 0 bridgehead atoms. The number of hydrogen-bond acceptors (Lipinski definition) is 4. The van der Waals surface area contributed by atoms with Crippen molar-refractivity contribution < 1.29 is 17.6 Å². The number of aromatic nitrogens is 1. The van der Waals surface area contributed by atoms with Gasteiger partial charge in [0.05, 0.1) is 18.8 Å². The SMILES string of the molecule is CN=C(NCc1coc(-c2ccccc2)n1)NCC1CCN(CC(F)(F)F)C1.I. The number of hydrogen-bond donors (Lipinski definition) is 2. The summed E-state index contributed by atoms with van der Waals surface area (Å²) in [6, 6.07) is 9.61. The van der Waals surface area contributed by atoms with Crippen LogP contribution in [0.25, 0.3) is 11.5 Å². The number of guanidine groups is 1. The summed E-state index contributed by atoms with van der Waals surface area (Å²) < 4.78 is 42.9. The van der Waals surface area contributed by atoms with Gasteiger partial charge in [0.15, 0.2) is 5.96 Å². The highest BCUT2D eigenvalue weighted by Crippen LogP contribution is 2.22. The Morgan fingerprint density at radius 3 is 2.72 bits per heavy atom. The zero-order valence-corrected chi connectivity index (χ0v) is 18.4. The Kier molecular flexibility index (Phi) is 8.75. The molecule has 1 aliphatic rings. The number of likely N-dealkylation sites (tertiary alicyclic amines) is 1. The zero-order chi connectivity index (χ0) is 20.0. The minimum Gasteiger partial charge on any atom is -0.444 e. The number of alkyl halides is 3. The lowest BCUT2D eigenvalue weighted by molar-refractivity contribution is -0.143. The van der Waals surface area contributed by atoms with E-state index in [4.69, 9.17) is 4.42 Å². The van der Waals surface area contributed by atoms with Gasteiger partial charge < -0.3 is 15.1 Å². The Bertz CT molecular complexity index is 782. The van der Waals surface area contributed by atoms with Gasteiger partial charge in [0.2, 0.25) is 5.89 Å². The first kappa shape index (κ1) is 23.5. The highest BCUT2D eigenvalue weighted by Gasteiger charge is 2.34. The molecule has 2 aromatic rings. The fourth-order valence-corrected chi connectivity index (χ4v) is 3.21. The van der Waals surface area contributed by atoms with Crippen molar-refractivity contribution in [1.29, 1.82) is 0 Å². The molecule has 10 heteroatoms. The molecule has 1 aromatic carbocycles. The molecule has 0 amide bonds. The van der Waals surface area contributed by atoms with E-state index < -0.39 is 12.7 Å². The maximum absolute atomic E-state index is 12.5. The minimum atomic E-state index is -4.14. The molecule has 1 saturated heterocycles. The van der Waals surface area contributed by atoms with E-state index in [1.165, 1.54) is 4.90 Å². The molecule has 6 nitrogen and oxygen atoms in total. The number of nitrogens with zero attached hydrogens (tertiary/aromatic N) is 3. The van der Waals surface area contributed by atoms with Crippen molar-refractivity contribution in [3.8, 4) is 11.5 Å². The van der Waals surface area contributed by atoms with E-state index in [1.807, 2.05) is 30.3 Å². The van der Waals surface area contributed by atoms with Gasteiger partial charge in [-0.3, -0.25) is 9.89 Å². The Labute approximate surface area is 185 Å². The Morgan fingerprint density at radius 1 is 1.28 bits per heavy atom. The van der Waals surface area contributed by atoms with Gasteiger partial charge >= 0.3 is 6.18 Å². The molecule has 1 aliphatic heterocycles.